The summed E-state index contributed by atoms with van der Waals surface area (Å²) < 4.78 is 12.0. The summed E-state index contributed by atoms with van der Waals surface area (Å²) >= 11 is 0. The van der Waals surface area contributed by atoms with Crippen LogP contribution in [0.15, 0.2) is 36.4 Å². The van der Waals surface area contributed by atoms with Crippen molar-refractivity contribution in [3.8, 4) is 17.2 Å². The molecule has 0 bridgehead atoms. The van der Waals surface area contributed by atoms with E-state index >= 15 is 0 Å². The van der Waals surface area contributed by atoms with Gasteiger partial charge in [-0.15, -0.1) is 0 Å². The van der Waals surface area contributed by atoms with Crippen molar-refractivity contribution in [2.24, 2.45) is 5.41 Å². The number of hydrogen-bond acceptors (Lipinski definition) is 6. The third-order valence-electron chi connectivity index (χ3n) is 7.11. The topological polar surface area (TPSA) is 83.0 Å². The first-order valence-electron chi connectivity index (χ1n) is 11.2. The Balaban J connectivity index is 1.61. The van der Waals surface area contributed by atoms with Crippen LogP contribution in [-0.4, -0.2) is 50.1 Å². The minimum Gasteiger partial charge on any atom is -0.504 e. The first kappa shape index (κ1) is 21.9. The molecule has 1 fully saturated rings. The number of aryl methyl sites for hydroxylation is 1. The van der Waals surface area contributed by atoms with Crippen LogP contribution in [0.2, 0.25) is 0 Å². The highest BCUT2D eigenvalue weighted by molar-refractivity contribution is 5.51. The molecule has 6 nitrogen and oxygen atoms in total. The number of piperidine rings is 1. The number of likely N-dealkylation sites (N-methyl/N-ethyl adjacent to an activating group) is 1. The number of fused-ring (bicyclic) bond motifs is 1. The maximum Gasteiger partial charge on any atom is 0.161 e. The van der Waals surface area contributed by atoms with Crippen LogP contribution in [0.25, 0.3) is 0 Å². The summed E-state index contributed by atoms with van der Waals surface area (Å²) in [6, 6.07) is 11.7. The molecule has 2 atom stereocenters. The number of phenols is 2. The van der Waals surface area contributed by atoms with Crippen LogP contribution in [0.4, 0.5) is 0 Å². The first-order chi connectivity index (χ1) is 15.1. The lowest BCUT2D eigenvalue weighted by Crippen LogP contribution is -2.49. The van der Waals surface area contributed by atoms with E-state index in [2.05, 4.69) is 22.8 Å². The molecular formula is C25H34N2O4. The number of benzene rings is 2. The SMILES string of the molecule is CNC[C@@H]1O[C@H](C2(CCc3ccc(OC)cc3)CCNCC2)Cc2c1ccc(O)c2O. The van der Waals surface area contributed by atoms with Gasteiger partial charge in [-0.3, -0.25) is 0 Å². The Morgan fingerprint density at radius 2 is 1.87 bits per heavy atom. The Labute approximate surface area is 184 Å². The van der Waals surface area contributed by atoms with Gasteiger partial charge in [-0.2, -0.15) is 0 Å². The van der Waals surface area contributed by atoms with Crippen LogP contribution in [0.3, 0.4) is 0 Å². The second-order valence-corrected chi connectivity index (χ2v) is 8.84. The fraction of sp³-hybridized carbons (Fsp3) is 0.520. The fourth-order valence-electron chi connectivity index (χ4n) is 5.21. The molecule has 31 heavy (non-hydrogen) atoms. The average Bonchev–Trinajstić information content (AvgIpc) is 2.81. The highest BCUT2D eigenvalue weighted by Gasteiger charge is 2.44. The third-order valence-corrected chi connectivity index (χ3v) is 7.11. The summed E-state index contributed by atoms with van der Waals surface area (Å²) in [6.45, 7) is 2.61. The number of nitrogens with one attached hydrogen (secondary N) is 2. The van der Waals surface area contributed by atoms with E-state index in [1.165, 1.54) is 5.56 Å². The summed E-state index contributed by atoms with van der Waals surface area (Å²) in [7, 11) is 3.60. The standard InChI is InChI=1S/C25H34N2O4/c1-26-16-22-19-7-8-21(28)24(29)20(19)15-23(31-22)25(11-13-27-14-12-25)10-9-17-3-5-18(30-2)6-4-17/h3-8,22-23,26-29H,9-16H2,1-2H3/t22-,23-/m0/s1. The first-order valence-corrected chi connectivity index (χ1v) is 11.2. The molecular weight excluding hydrogens is 392 g/mol. The van der Waals surface area contributed by atoms with Crippen molar-refractivity contribution >= 4 is 0 Å². The molecule has 0 amide bonds. The predicted molar refractivity (Wildman–Crippen MR) is 121 cm³/mol. The molecule has 0 aliphatic carbocycles. The Bertz CT molecular complexity index is 878. The van der Waals surface area contributed by atoms with Gasteiger partial charge in [0.25, 0.3) is 0 Å². The molecule has 2 aromatic rings. The zero-order valence-corrected chi connectivity index (χ0v) is 18.5. The van der Waals surface area contributed by atoms with Crippen LogP contribution in [0.1, 0.15) is 42.1 Å². The molecule has 4 rings (SSSR count). The molecule has 168 valence electrons. The van der Waals surface area contributed by atoms with E-state index in [4.69, 9.17) is 9.47 Å². The quantitative estimate of drug-likeness (QED) is 0.509. The van der Waals surface area contributed by atoms with Crippen molar-refractivity contribution in [2.75, 3.05) is 33.8 Å². The summed E-state index contributed by atoms with van der Waals surface area (Å²) in [5.41, 5.74) is 3.12. The second kappa shape index (κ2) is 9.47. The molecule has 2 heterocycles. The predicted octanol–water partition coefficient (Wildman–Crippen LogP) is 3.31. The highest BCUT2D eigenvalue weighted by Crippen LogP contribution is 2.48. The minimum absolute atomic E-state index is 0.00569. The molecule has 0 unspecified atom stereocenters. The van der Waals surface area contributed by atoms with Crippen LogP contribution in [0, 0.1) is 5.41 Å². The summed E-state index contributed by atoms with van der Waals surface area (Å²) in [5, 5.41) is 27.5. The van der Waals surface area contributed by atoms with Crippen molar-refractivity contribution < 1.29 is 19.7 Å². The lowest BCUT2D eigenvalue weighted by atomic mass is 9.67. The number of aromatic hydroxyl groups is 2. The molecule has 4 N–H and O–H groups in total. The van der Waals surface area contributed by atoms with Gasteiger partial charge in [0.15, 0.2) is 11.5 Å². The number of phenolic OH excluding ortho intramolecular Hbond substituents is 2. The van der Waals surface area contributed by atoms with Gasteiger partial charge in [0.2, 0.25) is 0 Å². The Morgan fingerprint density at radius 1 is 1.13 bits per heavy atom. The van der Waals surface area contributed by atoms with E-state index in [1.54, 1.807) is 13.2 Å². The van der Waals surface area contributed by atoms with Gasteiger partial charge in [0.1, 0.15) is 5.75 Å². The number of hydrogen-bond donors (Lipinski definition) is 4. The van der Waals surface area contributed by atoms with E-state index in [-0.39, 0.29) is 29.1 Å². The van der Waals surface area contributed by atoms with Gasteiger partial charge in [0, 0.05) is 18.5 Å². The zero-order chi connectivity index (χ0) is 21.8. The molecule has 0 aromatic heterocycles. The zero-order valence-electron chi connectivity index (χ0n) is 18.5. The van der Waals surface area contributed by atoms with Gasteiger partial charge in [-0.1, -0.05) is 18.2 Å². The molecule has 2 aromatic carbocycles. The molecule has 0 spiro atoms. The molecule has 2 aliphatic rings. The Kier molecular flexibility index (Phi) is 6.70. The van der Waals surface area contributed by atoms with Gasteiger partial charge in [-0.05, 0) is 80.6 Å². The molecule has 6 heteroatoms. The molecule has 0 saturated carbocycles. The van der Waals surface area contributed by atoms with Crippen LogP contribution in [-0.2, 0) is 17.6 Å². The monoisotopic (exact) mass is 426 g/mol. The van der Waals surface area contributed by atoms with E-state index in [0.29, 0.717) is 13.0 Å². The average molecular weight is 427 g/mol. The largest absolute Gasteiger partial charge is 0.504 e. The normalized spacial score (nSPS) is 22.6. The third kappa shape index (κ3) is 4.52. The molecule has 0 radical (unpaired) electrons. The summed E-state index contributed by atoms with van der Waals surface area (Å²) in [4.78, 5) is 0. The van der Waals surface area contributed by atoms with Crippen molar-refractivity contribution in [3.63, 3.8) is 0 Å². The summed E-state index contributed by atoms with van der Waals surface area (Å²) in [6.07, 6.45) is 4.54. The second-order valence-electron chi connectivity index (χ2n) is 8.84. The number of rotatable bonds is 7. The number of ether oxygens (including phenoxy) is 2. The Hall–Kier alpha value is -2.28. The van der Waals surface area contributed by atoms with Crippen LogP contribution in [0.5, 0.6) is 17.2 Å². The molecule has 2 aliphatic heterocycles. The van der Waals surface area contributed by atoms with Crippen molar-refractivity contribution in [3.05, 3.63) is 53.1 Å². The van der Waals surface area contributed by atoms with Gasteiger partial charge >= 0.3 is 0 Å². The highest BCUT2D eigenvalue weighted by atomic mass is 16.5. The number of methoxy groups -OCH3 is 1. The maximum atomic E-state index is 10.6. The smallest absolute Gasteiger partial charge is 0.161 e. The minimum atomic E-state index is -0.141. The lowest BCUT2D eigenvalue weighted by Gasteiger charge is -2.47. The van der Waals surface area contributed by atoms with E-state index < -0.39 is 0 Å². The van der Waals surface area contributed by atoms with E-state index in [1.807, 2.05) is 25.2 Å². The fourth-order valence-corrected chi connectivity index (χ4v) is 5.21. The van der Waals surface area contributed by atoms with Crippen molar-refractivity contribution in [1.82, 2.24) is 10.6 Å². The lowest BCUT2D eigenvalue weighted by molar-refractivity contribution is -0.108. The van der Waals surface area contributed by atoms with Gasteiger partial charge < -0.3 is 30.3 Å². The Morgan fingerprint density at radius 3 is 2.55 bits per heavy atom. The maximum absolute atomic E-state index is 10.6. The van der Waals surface area contributed by atoms with Crippen molar-refractivity contribution in [2.45, 2.75) is 44.3 Å². The van der Waals surface area contributed by atoms with Gasteiger partial charge in [0.05, 0.1) is 19.3 Å². The van der Waals surface area contributed by atoms with E-state index in [9.17, 15) is 10.2 Å². The molecule has 1 saturated heterocycles. The van der Waals surface area contributed by atoms with Gasteiger partial charge in [-0.25, -0.2) is 0 Å². The van der Waals surface area contributed by atoms with E-state index in [0.717, 1.165) is 55.6 Å². The van der Waals surface area contributed by atoms with Crippen molar-refractivity contribution in [1.29, 1.82) is 0 Å². The summed E-state index contributed by atoms with van der Waals surface area (Å²) in [5.74, 6) is 0.823. The van der Waals surface area contributed by atoms with Crippen LogP contribution < -0.4 is 15.4 Å². The van der Waals surface area contributed by atoms with Crippen LogP contribution >= 0.6 is 0 Å².